The van der Waals surface area contributed by atoms with Crippen molar-refractivity contribution in [2.24, 2.45) is 0 Å². The van der Waals surface area contributed by atoms with Gasteiger partial charge in [0.05, 0.1) is 5.75 Å². The van der Waals surface area contributed by atoms with Gasteiger partial charge in [0.15, 0.2) is 0 Å². The molecule has 0 saturated carbocycles. The fourth-order valence-corrected chi connectivity index (χ4v) is 0. The SMILES string of the molecule is CCS(=O)(=O)O.F[B-](F)(F)F.F[B-](F)(F)F.F[B-](F)(F)F.[LiH]. The molecule has 0 spiro atoms. The van der Waals surface area contributed by atoms with E-state index < -0.39 is 31.9 Å². The molecule has 20 heteroatoms. The van der Waals surface area contributed by atoms with Gasteiger partial charge in [-0.1, -0.05) is 0 Å². The summed E-state index contributed by atoms with van der Waals surface area (Å²) >= 11 is 0. The van der Waals surface area contributed by atoms with Gasteiger partial charge in [-0.05, 0) is 6.92 Å². The molecule has 22 heavy (non-hydrogen) atoms. The Morgan fingerprint density at radius 3 is 0.727 bits per heavy atom. The third-order valence-electron chi connectivity index (χ3n) is 0.365. The fraction of sp³-hybridized carbons (Fsp3) is 1.00. The van der Waals surface area contributed by atoms with Crippen molar-refractivity contribution in [3.05, 3.63) is 0 Å². The molecule has 0 bridgehead atoms. The second-order valence-electron chi connectivity index (χ2n) is 2.36. The van der Waals surface area contributed by atoms with Crippen molar-refractivity contribution < 1.29 is 64.8 Å². The molecule has 0 aromatic heterocycles. The van der Waals surface area contributed by atoms with Crippen molar-refractivity contribution in [2.45, 2.75) is 6.92 Å². The second-order valence-corrected chi connectivity index (χ2v) is 4.10. The van der Waals surface area contributed by atoms with Gasteiger partial charge >= 0.3 is 40.6 Å². The molecule has 1 N–H and O–H groups in total. The summed E-state index contributed by atoms with van der Waals surface area (Å²) in [4.78, 5) is 0. The minimum atomic E-state index is -6.00. The monoisotopic (exact) mass is 379 g/mol. The van der Waals surface area contributed by atoms with Crippen molar-refractivity contribution in [2.75, 3.05) is 5.75 Å². The molecule has 0 aliphatic rings. The van der Waals surface area contributed by atoms with E-state index in [-0.39, 0.29) is 24.6 Å². The molecule has 0 radical (unpaired) electrons. The van der Waals surface area contributed by atoms with Crippen LogP contribution in [0.15, 0.2) is 0 Å². The molecule has 0 fully saturated rings. The van der Waals surface area contributed by atoms with Crippen LogP contribution < -0.4 is 0 Å². The van der Waals surface area contributed by atoms with Gasteiger partial charge in [0.25, 0.3) is 10.1 Å². The zero-order valence-corrected chi connectivity index (χ0v) is 10.5. The van der Waals surface area contributed by atoms with Crippen LogP contribution in [0.2, 0.25) is 0 Å². The van der Waals surface area contributed by atoms with Crippen LogP contribution in [0.4, 0.5) is 51.8 Å². The van der Waals surface area contributed by atoms with Gasteiger partial charge in [0.2, 0.25) is 0 Å². The Balaban J connectivity index is -0.0000000577. The predicted molar refractivity (Wildman–Crippen MR) is 59.8 cm³/mol. The first-order valence-electron chi connectivity index (χ1n) is 4.13. The van der Waals surface area contributed by atoms with Crippen LogP contribution in [0.1, 0.15) is 6.92 Å². The van der Waals surface area contributed by atoms with E-state index in [4.69, 9.17) is 4.55 Å². The zero-order valence-electron chi connectivity index (χ0n) is 9.65. The third kappa shape index (κ3) is 863. The number of rotatable bonds is 1. The third-order valence-corrected chi connectivity index (χ3v) is 1.09. The summed E-state index contributed by atoms with van der Waals surface area (Å²) in [6, 6.07) is 0. The molecule has 3 nitrogen and oxygen atoms in total. The van der Waals surface area contributed by atoms with Gasteiger partial charge in [-0.2, -0.15) is 8.42 Å². The summed E-state index contributed by atoms with van der Waals surface area (Å²) in [6.45, 7) is 1.37. The molecule has 0 amide bonds. The Hall–Kier alpha value is -0.138. The van der Waals surface area contributed by atoms with E-state index in [1.807, 2.05) is 0 Å². The Kier molecular flexibility index (Phi) is 20.3. The molecule has 0 atom stereocenters. The summed E-state index contributed by atoms with van der Waals surface area (Å²) in [6.07, 6.45) is 0. The summed E-state index contributed by atoms with van der Waals surface area (Å²) in [5.74, 6) is -0.201. The topological polar surface area (TPSA) is 54.4 Å². The molecule has 0 aliphatic carbocycles. The molecule has 0 heterocycles. The first-order valence-corrected chi connectivity index (χ1v) is 5.74. The standard InChI is InChI=1S/C2H6O3S.3BF4.Li.H/c1-2-6(3,4)5;3*2-1(3,4)5;;/h2H2,1H3,(H,3,4,5);;;;;/q;3*-1;;. The summed E-state index contributed by atoms with van der Waals surface area (Å²) < 4.78 is 144. The number of hydrogen-bond donors (Lipinski definition) is 1. The van der Waals surface area contributed by atoms with Gasteiger partial charge in [-0.25, -0.2) is 0 Å². The van der Waals surface area contributed by atoms with Crippen LogP contribution in [0.5, 0.6) is 0 Å². The van der Waals surface area contributed by atoms with E-state index in [1.54, 1.807) is 0 Å². The zero-order chi connectivity index (χ0) is 18.7. The van der Waals surface area contributed by atoms with Gasteiger partial charge in [-0.3, -0.25) is 4.55 Å². The molecule has 0 aliphatic heterocycles. The van der Waals surface area contributed by atoms with E-state index in [2.05, 4.69) is 0 Å². The van der Waals surface area contributed by atoms with E-state index in [0.717, 1.165) is 0 Å². The summed E-state index contributed by atoms with van der Waals surface area (Å²) in [7, 11) is -21.7. The van der Waals surface area contributed by atoms with Crippen molar-refractivity contribution in [1.82, 2.24) is 0 Å². The minimum absolute atomic E-state index is 0. The van der Waals surface area contributed by atoms with E-state index in [1.165, 1.54) is 6.92 Å². The maximum atomic E-state index is 9.75. The molecular weight excluding hydrogens is 371 g/mol. The molecule has 136 valence electrons. The summed E-state index contributed by atoms with van der Waals surface area (Å²) in [5.41, 5.74) is 0. The van der Waals surface area contributed by atoms with Gasteiger partial charge < -0.3 is 51.8 Å². The number of hydrogen-bond acceptors (Lipinski definition) is 2. The Bertz CT molecular complexity index is 288. The average molecular weight is 378 g/mol. The molecule has 0 aromatic rings. The Morgan fingerprint density at radius 2 is 0.727 bits per heavy atom. The van der Waals surface area contributed by atoms with Gasteiger partial charge in [0.1, 0.15) is 0 Å². The molecule has 0 unspecified atom stereocenters. The van der Waals surface area contributed by atoms with Gasteiger partial charge in [0, 0.05) is 0 Å². The Labute approximate surface area is 129 Å². The quantitative estimate of drug-likeness (QED) is 0.433. The molecular formula is C2H7B3F12LiO3S-3. The van der Waals surface area contributed by atoms with Crippen LogP contribution in [-0.2, 0) is 10.1 Å². The van der Waals surface area contributed by atoms with E-state index >= 15 is 0 Å². The van der Waals surface area contributed by atoms with Crippen molar-refractivity contribution in [3.63, 3.8) is 0 Å². The van der Waals surface area contributed by atoms with Gasteiger partial charge in [-0.15, -0.1) is 0 Å². The first kappa shape index (κ1) is 33.5. The Morgan fingerprint density at radius 1 is 0.682 bits per heavy atom. The van der Waals surface area contributed by atoms with Crippen molar-refractivity contribution >= 4 is 50.7 Å². The van der Waals surface area contributed by atoms with Crippen LogP contribution >= 0.6 is 0 Å². The average Bonchev–Trinajstić information content (AvgIpc) is 1.91. The van der Waals surface area contributed by atoms with Crippen LogP contribution in [0.3, 0.4) is 0 Å². The van der Waals surface area contributed by atoms with E-state index in [9.17, 15) is 60.2 Å². The molecule has 0 rings (SSSR count). The van der Waals surface area contributed by atoms with E-state index in [0.29, 0.717) is 0 Å². The molecule has 0 aromatic carbocycles. The maximum absolute atomic E-state index is 9.75. The predicted octanol–water partition coefficient (Wildman–Crippen LogP) is 3.15. The van der Waals surface area contributed by atoms with Crippen LogP contribution in [0, 0.1) is 0 Å². The molecule has 0 saturated heterocycles. The number of halogens is 12. The normalized spacial score (nSPS) is 11.4. The van der Waals surface area contributed by atoms with Crippen molar-refractivity contribution in [3.8, 4) is 0 Å². The van der Waals surface area contributed by atoms with Crippen LogP contribution in [-0.4, -0.2) is 59.3 Å². The second kappa shape index (κ2) is 13.3. The first-order chi connectivity index (χ1) is 8.56. The fourth-order valence-electron chi connectivity index (χ4n) is 0. The van der Waals surface area contributed by atoms with Crippen molar-refractivity contribution in [1.29, 1.82) is 0 Å². The summed E-state index contributed by atoms with van der Waals surface area (Å²) in [5, 5.41) is 0. The van der Waals surface area contributed by atoms with Crippen LogP contribution in [0.25, 0.3) is 0 Å².